The second-order valence-electron chi connectivity index (χ2n) is 3.26. The van der Waals surface area contributed by atoms with E-state index in [9.17, 15) is 4.39 Å². The first-order valence-electron chi connectivity index (χ1n) is 4.60. The van der Waals surface area contributed by atoms with Crippen LogP contribution in [0.5, 0.6) is 0 Å². The van der Waals surface area contributed by atoms with Gasteiger partial charge in [0.25, 0.3) is 0 Å². The first-order chi connectivity index (χ1) is 6.19. The summed E-state index contributed by atoms with van der Waals surface area (Å²) in [7, 11) is 0. The van der Waals surface area contributed by atoms with E-state index >= 15 is 0 Å². The largest absolute Gasteiger partial charge is 0.206 e. The maximum absolute atomic E-state index is 13.4. The van der Waals surface area contributed by atoms with Gasteiger partial charge in [0, 0.05) is 5.56 Å². The molecule has 0 amide bonds. The maximum Gasteiger partial charge on any atom is 0.130 e. The van der Waals surface area contributed by atoms with E-state index in [1.54, 1.807) is 12.1 Å². The summed E-state index contributed by atoms with van der Waals surface area (Å²) in [4.78, 5) is 0. The lowest BCUT2D eigenvalue weighted by atomic mass is 10.0. The van der Waals surface area contributed by atoms with Crippen LogP contribution in [0.4, 0.5) is 4.39 Å². The highest BCUT2D eigenvalue weighted by Gasteiger charge is 2.04. The average molecular weight is 178 g/mol. The van der Waals surface area contributed by atoms with E-state index in [0.29, 0.717) is 5.56 Å². The summed E-state index contributed by atoms with van der Waals surface area (Å²) in [6, 6.07) is 3.64. The first kappa shape index (κ1) is 9.97. The van der Waals surface area contributed by atoms with E-state index in [1.165, 1.54) is 0 Å². The highest BCUT2D eigenvalue weighted by Crippen LogP contribution is 2.17. The molecule has 0 nitrogen and oxygen atoms in total. The van der Waals surface area contributed by atoms with Gasteiger partial charge in [-0.3, -0.25) is 0 Å². The van der Waals surface area contributed by atoms with Crippen LogP contribution in [0.15, 0.2) is 18.7 Å². The van der Waals surface area contributed by atoms with Crippen LogP contribution in [0, 0.1) is 12.7 Å². The van der Waals surface area contributed by atoms with Crippen LogP contribution < -0.4 is 0 Å². The molecule has 0 saturated heterocycles. The van der Waals surface area contributed by atoms with Crippen molar-refractivity contribution in [3.8, 4) is 0 Å². The van der Waals surface area contributed by atoms with Crippen molar-refractivity contribution in [3.05, 3.63) is 41.2 Å². The lowest BCUT2D eigenvalue weighted by Crippen LogP contribution is -1.92. The predicted molar refractivity (Wildman–Crippen MR) is 55.2 cm³/mol. The molecule has 70 valence electrons. The predicted octanol–water partition coefficient (Wildman–Crippen LogP) is 3.73. The fraction of sp³-hybridized carbons (Fsp3) is 0.333. The minimum Gasteiger partial charge on any atom is -0.206 e. The van der Waals surface area contributed by atoms with Crippen LogP contribution >= 0.6 is 0 Å². The molecule has 0 atom stereocenters. The summed E-state index contributed by atoms with van der Waals surface area (Å²) in [5.41, 5.74) is 2.67. The summed E-state index contributed by atoms with van der Waals surface area (Å²) in [5, 5.41) is 0. The van der Waals surface area contributed by atoms with Crippen LogP contribution in [0.1, 0.15) is 30.0 Å². The van der Waals surface area contributed by atoms with Crippen molar-refractivity contribution in [2.75, 3.05) is 0 Å². The monoisotopic (exact) mass is 178 g/mol. The van der Waals surface area contributed by atoms with Crippen molar-refractivity contribution in [2.45, 2.75) is 26.7 Å². The Bertz CT molecular complexity index is 290. The zero-order chi connectivity index (χ0) is 9.84. The van der Waals surface area contributed by atoms with Gasteiger partial charge in [-0.05, 0) is 30.5 Å². The fourth-order valence-corrected chi connectivity index (χ4v) is 1.52. The molecule has 0 unspecified atom stereocenters. The summed E-state index contributed by atoms with van der Waals surface area (Å²) in [6.45, 7) is 7.60. The van der Waals surface area contributed by atoms with E-state index in [-0.39, 0.29) is 5.82 Å². The Morgan fingerprint density at radius 2 is 2.15 bits per heavy atom. The Hall–Kier alpha value is -1.11. The molecule has 0 fully saturated rings. The molecular formula is C12H15F. The van der Waals surface area contributed by atoms with Gasteiger partial charge in [0.1, 0.15) is 5.82 Å². The van der Waals surface area contributed by atoms with Crippen molar-refractivity contribution < 1.29 is 4.39 Å². The zero-order valence-electron chi connectivity index (χ0n) is 8.23. The van der Waals surface area contributed by atoms with Crippen molar-refractivity contribution in [3.63, 3.8) is 0 Å². The molecule has 0 aliphatic rings. The lowest BCUT2D eigenvalue weighted by Gasteiger charge is -2.05. The van der Waals surface area contributed by atoms with Gasteiger partial charge in [-0.15, -0.1) is 0 Å². The first-order valence-corrected chi connectivity index (χ1v) is 4.60. The molecule has 0 aliphatic heterocycles. The number of halogens is 1. The third-order valence-corrected chi connectivity index (χ3v) is 2.14. The number of aryl methyl sites for hydroxylation is 2. The maximum atomic E-state index is 13.4. The molecule has 1 aromatic rings. The highest BCUT2D eigenvalue weighted by molar-refractivity contribution is 5.53. The van der Waals surface area contributed by atoms with Crippen LogP contribution in [0.3, 0.4) is 0 Å². The fourth-order valence-electron chi connectivity index (χ4n) is 1.52. The SMILES string of the molecule is C=Cc1c(C)cc(CCC)cc1F. The molecule has 0 bridgehead atoms. The third kappa shape index (κ3) is 2.18. The molecule has 1 rings (SSSR count). The quantitative estimate of drug-likeness (QED) is 0.661. The molecule has 0 spiro atoms. The third-order valence-electron chi connectivity index (χ3n) is 2.14. The van der Waals surface area contributed by atoms with Gasteiger partial charge in [0.2, 0.25) is 0 Å². The standard InChI is InChI=1S/C12H15F/c1-4-6-10-7-9(3)11(5-2)12(13)8-10/h5,7-8H,2,4,6H2,1,3H3. The van der Waals surface area contributed by atoms with Crippen molar-refractivity contribution in [2.24, 2.45) is 0 Å². The summed E-state index contributed by atoms with van der Waals surface area (Å²) in [5.74, 6) is -0.154. The van der Waals surface area contributed by atoms with Crippen LogP contribution in [-0.2, 0) is 6.42 Å². The Kier molecular flexibility index (Phi) is 3.24. The molecule has 0 aliphatic carbocycles. The summed E-state index contributed by atoms with van der Waals surface area (Å²) in [6.07, 6.45) is 3.56. The van der Waals surface area contributed by atoms with E-state index in [0.717, 1.165) is 24.0 Å². The normalized spacial score (nSPS) is 10.1. The van der Waals surface area contributed by atoms with Gasteiger partial charge in [-0.2, -0.15) is 0 Å². The molecule has 0 N–H and O–H groups in total. The minimum atomic E-state index is -0.154. The molecular weight excluding hydrogens is 163 g/mol. The van der Waals surface area contributed by atoms with E-state index in [4.69, 9.17) is 0 Å². The van der Waals surface area contributed by atoms with Crippen molar-refractivity contribution in [1.29, 1.82) is 0 Å². The van der Waals surface area contributed by atoms with E-state index < -0.39 is 0 Å². The van der Waals surface area contributed by atoms with Crippen LogP contribution in [-0.4, -0.2) is 0 Å². The molecule has 0 radical (unpaired) electrons. The number of hydrogen-bond donors (Lipinski definition) is 0. The van der Waals surface area contributed by atoms with Gasteiger partial charge in [-0.25, -0.2) is 4.39 Å². The van der Waals surface area contributed by atoms with Crippen LogP contribution in [0.2, 0.25) is 0 Å². The molecule has 0 heterocycles. The Labute approximate surface area is 79.1 Å². The van der Waals surface area contributed by atoms with Gasteiger partial charge in [0.05, 0.1) is 0 Å². The Morgan fingerprint density at radius 1 is 1.46 bits per heavy atom. The lowest BCUT2D eigenvalue weighted by molar-refractivity contribution is 0.621. The zero-order valence-corrected chi connectivity index (χ0v) is 8.23. The Morgan fingerprint density at radius 3 is 2.62 bits per heavy atom. The van der Waals surface area contributed by atoms with Crippen molar-refractivity contribution in [1.82, 2.24) is 0 Å². The topological polar surface area (TPSA) is 0 Å². The second kappa shape index (κ2) is 4.22. The van der Waals surface area contributed by atoms with Gasteiger partial charge < -0.3 is 0 Å². The number of hydrogen-bond acceptors (Lipinski definition) is 0. The van der Waals surface area contributed by atoms with E-state index in [1.807, 2.05) is 13.0 Å². The number of benzene rings is 1. The molecule has 13 heavy (non-hydrogen) atoms. The van der Waals surface area contributed by atoms with Crippen molar-refractivity contribution >= 4 is 6.08 Å². The van der Waals surface area contributed by atoms with Crippen LogP contribution in [0.25, 0.3) is 6.08 Å². The molecule has 0 saturated carbocycles. The van der Waals surface area contributed by atoms with Gasteiger partial charge >= 0.3 is 0 Å². The minimum absolute atomic E-state index is 0.154. The second-order valence-corrected chi connectivity index (χ2v) is 3.26. The highest BCUT2D eigenvalue weighted by atomic mass is 19.1. The smallest absolute Gasteiger partial charge is 0.130 e. The average Bonchev–Trinajstić information content (AvgIpc) is 2.04. The molecule has 0 aromatic heterocycles. The number of rotatable bonds is 3. The van der Waals surface area contributed by atoms with Gasteiger partial charge in [-0.1, -0.05) is 32.1 Å². The summed E-state index contributed by atoms with van der Waals surface area (Å²) >= 11 is 0. The van der Waals surface area contributed by atoms with E-state index in [2.05, 4.69) is 13.5 Å². The molecule has 1 heteroatoms. The summed E-state index contributed by atoms with van der Waals surface area (Å²) < 4.78 is 13.4. The Balaban J connectivity index is 3.12. The molecule has 1 aromatic carbocycles. The van der Waals surface area contributed by atoms with Gasteiger partial charge in [0.15, 0.2) is 0 Å².